The fourth-order valence-corrected chi connectivity index (χ4v) is 5.04. The fraction of sp³-hybridized carbons (Fsp3) is 0.510. The van der Waals surface area contributed by atoms with Crippen molar-refractivity contribution in [3.63, 3.8) is 0 Å². The van der Waals surface area contributed by atoms with Crippen LogP contribution in [0.3, 0.4) is 0 Å². The van der Waals surface area contributed by atoms with Gasteiger partial charge in [-0.2, -0.15) is 0 Å². The molecule has 0 aromatic heterocycles. The first kappa shape index (κ1) is 51.3. The Morgan fingerprint density at radius 1 is 0.436 bits per heavy atom. The van der Waals surface area contributed by atoms with Crippen LogP contribution < -0.4 is 0 Å². The Morgan fingerprint density at radius 2 is 0.764 bits per heavy atom. The van der Waals surface area contributed by atoms with Crippen molar-refractivity contribution >= 4 is 5.97 Å². The van der Waals surface area contributed by atoms with Gasteiger partial charge in [0.05, 0.1) is 13.2 Å². The fourth-order valence-electron chi connectivity index (χ4n) is 5.04. The molecule has 55 heavy (non-hydrogen) atoms. The molecule has 1 N–H and O–H groups in total. The minimum atomic E-state index is -0.588. The van der Waals surface area contributed by atoms with E-state index in [0.717, 1.165) is 122 Å². The van der Waals surface area contributed by atoms with Crippen molar-refractivity contribution < 1.29 is 19.4 Å². The van der Waals surface area contributed by atoms with E-state index in [9.17, 15) is 9.90 Å². The smallest absolute Gasteiger partial charge is 0.306 e. The number of hydrogen-bond acceptors (Lipinski definition) is 4. The van der Waals surface area contributed by atoms with Gasteiger partial charge in [-0.05, 0) is 116 Å². The van der Waals surface area contributed by atoms with Crippen LogP contribution in [0.2, 0.25) is 0 Å². The maximum Gasteiger partial charge on any atom is 0.306 e. The highest BCUT2D eigenvalue weighted by atomic mass is 16.6. The molecule has 1 atom stereocenters. The third-order valence-corrected chi connectivity index (χ3v) is 8.16. The number of ether oxygens (including phenoxy) is 2. The second-order valence-electron chi connectivity index (χ2n) is 13.3. The normalized spacial score (nSPS) is 13.9. The molecule has 306 valence electrons. The summed E-state index contributed by atoms with van der Waals surface area (Å²) in [4.78, 5) is 12.2. The highest BCUT2D eigenvalue weighted by molar-refractivity contribution is 5.69. The molecule has 4 heteroatoms. The lowest BCUT2D eigenvalue weighted by Gasteiger charge is -2.15. The molecule has 0 aromatic rings. The number of aliphatic hydroxyl groups is 1. The Morgan fingerprint density at radius 3 is 1.11 bits per heavy atom. The number of carbonyl (C=O) groups excluding carboxylic acids is 1. The second-order valence-corrected chi connectivity index (χ2v) is 13.3. The molecule has 0 saturated carbocycles. The van der Waals surface area contributed by atoms with Crippen molar-refractivity contribution in [1.82, 2.24) is 0 Å². The lowest BCUT2D eigenvalue weighted by molar-refractivity contribution is -0.154. The van der Waals surface area contributed by atoms with Gasteiger partial charge in [0.25, 0.3) is 0 Å². The summed E-state index contributed by atoms with van der Waals surface area (Å²) in [5.41, 5.74) is 0. The summed E-state index contributed by atoms with van der Waals surface area (Å²) < 4.78 is 11.1. The molecule has 0 fully saturated rings. The number of hydrogen-bond donors (Lipinski definition) is 1. The molecule has 0 amide bonds. The molecule has 0 spiro atoms. The van der Waals surface area contributed by atoms with Gasteiger partial charge < -0.3 is 14.6 Å². The Kier molecular flexibility index (Phi) is 43.3. The number of aliphatic hydroxyl groups excluding tert-OH is 1. The van der Waals surface area contributed by atoms with Crippen molar-refractivity contribution in [2.24, 2.45) is 0 Å². The van der Waals surface area contributed by atoms with Crippen LogP contribution in [0.5, 0.6) is 0 Å². The predicted octanol–water partition coefficient (Wildman–Crippen LogP) is 14.4. The number of carbonyl (C=O) groups is 1. The molecule has 0 aliphatic carbocycles. The Hall–Kier alpha value is -3.73. The topological polar surface area (TPSA) is 55.8 Å². The van der Waals surface area contributed by atoms with Crippen LogP contribution in [0, 0.1) is 0 Å². The first-order valence-corrected chi connectivity index (χ1v) is 21.4. The summed E-state index contributed by atoms with van der Waals surface area (Å²) in [6.45, 7) is 4.96. The van der Waals surface area contributed by atoms with Gasteiger partial charge in [0.15, 0.2) is 0 Å². The molecule has 0 rings (SSSR count). The number of allylic oxidation sites excluding steroid dienone is 24. The van der Waals surface area contributed by atoms with Crippen LogP contribution in [-0.2, 0) is 14.3 Å². The summed E-state index contributed by atoms with van der Waals surface area (Å²) in [6.07, 6.45) is 71.9. The van der Waals surface area contributed by atoms with Crippen LogP contribution in [0.15, 0.2) is 146 Å². The first-order valence-electron chi connectivity index (χ1n) is 21.4. The van der Waals surface area contributed by atoms with Crippen LogP contribution >= 0.6 is 0 Å². The molecule has 0 heterocycles. The van der Waals surface area contributed by atoms with Gasteiger partial charge in [0.2, 0.25) is 0 Å². The van der Waals surface area contributed by atoms with Crippen LogP contribution in [0.1, 0.15) is 142 Å². The quantitative estimate of drug-likeness (QED) is 0.0390. The third-order valence-electron chi connectivity index (χ3n) is 8.16. The van der Waals surface area contributed by atoms with Crippen LogP contribution in [-0.4, -0.2) is 37.0 Å². The van der Waals surface area contributed by atoms with Gasteiger partial charge in [-0.3, -0.25) is 4.79 Å². The van der Waals surface area contributed by atoms with Crippen molar-refractivity contribution in [3.8, 4) is 0 Å². The molecule has 0 radical (unpaired) electrons. The number of rotatable bonds is 37. The van der Waals surface area contributed by atoms with E-state index in [2.05, 4.69) is 160 Å². The van der Waals surface area contributed by atoms with Gasteiger partial charge in [0.1, 0.15) is 6.10 Å². The highest BCUT2D eigenvalue weighted by Crippen LogP contribution is 2.07. The maximum absolute atomic E-state index is 12.2. The van der Waals surface area contributed by atoms with Gasteiger partial charge in [-0.1, -0.05) is 166 Å². The Bertz CT molecular complexity index is 1200. The summed E-state index contributed by atoms with van der Waals surface area (Å²) >= 11 is 0. The van der Waals surface area contributed by atoms with Crippen LogP contribution in [0.4, 0.5) is 0 Å². The van der Waals surface area contributed by atoms with Crippen molar-refractivity contribution in [3.05, 3.63) is 146 Å². The predicted molar refractivity (Wildman–Crippen MR) is 241 cm³/mol. The average molecular weight is 755 g/mol. The van der Waals surface area contributed by atoms with E-state index in [1.54, 1.807) is 0 Å². The van der Waals surface area contributed by atoms with Crippen LogP contribution in [0.25, 0.3) is 0 Å². The van der Waals surface area contributed by atoms with E-state index >= 15 is 0 Å². The molecular weight excluding hydrogens is 677 g/mol. The molecule has 0 aliphatic heterocycles. The van der Waals surface area contributed by atoms with Gasteiger partial charge in [-0.15, -0.1) is 0 Å². The number of unbranched alkanes of at least 4 members (excludes halogenated alkanes) is 5. The largest absolute Gasteiger partial charge is 0.457 e. The first-order chi connectivity index (χ1) is 27.2. The van der Waals surface area contributed by atoms with E-state index in [1.165, 1.54) is 0 Å². The maximum atomic E-state index is 12.2. The molecule has 0 aromatic carbocycles. The summed E-state index contributed by atoms with van der Waals surface area (Å²) in [7, 11) is 0. The van der Waals surface area contributed by atoms with Gasteiger partial charge >= 0.3 is 5.97 Å². The van der Waals surface area contributed by atoms with Gasteiger partial charge in [-0.25, -0.2) is 0 Å². The van der Waals surface area contributed by atoms with Crippen molar-refractivity contribution in [1.29, 1.82) is 0 Å². The SMILES string of the molecule is CC/C=C\C/C=C\C/C=C\C/C=C\C/C=C\C/C=C\CCCCCOCC(CO)OC(=O)CCCC/C=C\C/C=C\C/C=C\C/C=C\C/C=C\C/C=C\CC. The summed E-state index contributed by atoms with van der Waals surface area (Å²) in [5, 5.41) is 9.60. The number of esters is 1. The zero-order valence-corrected chi connectivity index (χ0v) is 34.9. The summed E-state index contributed by atoms with van der Waals surface area (Å²) in [5.74, 6) is -0.262. The molecular formula is C51H78O4. The van der Waals surface area contributed by atoms with E-state index in [1.807, 2.05) is 0 Å². The molecule has 4 nitrogen and oxygen atoms in total. The van der Waals surface area contributed by atoms with Gasteiger partial charge in [0, 0.05) is 13.0 Å². The lowest BCUT2D eigenvalue weighted by Crippen LogP contribution is -2.27. The lowest BCUT2D eigenvalue weighted by atomic mass is 10.2. The second kappa shape index (κ2) is 46.4. The minimum absolute atomic E-state index is 0.215. The molecule has 0 saturated heterocycles. The highest BCUT2D eigenvalue weighted by Gasteiger charge is 2.13. The minimum Gasteiger partial charge on any atom is -0.457 e. The van der Waals surface area contributed by atoms with E-state index in [4.69, 9.17) is 9.47 Å². The Labute approximate surface area is 338 Å². The monoisotopic (exact) mass is 755 g/mol. The molecule has 1 unspecified atom stereocenters. The third kappa shape index (κ3) is 44.6. The van der Waals surface area contributed by atoms with Crippen molar-refractivity contribution in [2.45, 2.75) is 148 Å². The zero-order chi connectivity index (χ0) is 39.8. The van der Waals surface area contributed by atoms with E-state index in [-0.39, 0.29) is 19.2 Å². The summed E-state index contributed by atoms with van der Waals surface area (Å²) in [6, 6.07) is 0. The molecule has 0 bridgehead atoms. The Balaban J connectivity index is 3.68. The molecule has 0 aliphatic rings. The standard InChI is InChI=1S/C51H78O4/c1-3-5-7-9-11-13-15-17-19-21-23-25-27-29-31-33-35-37-39-41-43-45-47-54-49-50(48-52)55-51(53)46-44-42-40-38-36-34-32-30-28-26-24-22-20-18-16-14-12-10-8-6-4-2/h5-8,11-14,17-20,23-26,29-32,35-38,50,52H,3-4,9-10,15-16,21-22,27-28,33-34,39-49H2,1-2H3/b7-5-,8-6-,13-11-,14-12-,19-17-,20-18-,25-23-,26-24-,31-29-,32-30-,37-35-,38-36-. The average Bonchev–Trinajstić information content (AvgIpc) is 3.19. The van der Waals surface area contributed by atoms with Crippen molar-refractivity contribution in [2.75, 3.05) is 19.8 Å². The van der Waals surface area contributed by atoms with E-state index in [0.29, 0.717) is 13.0 Å². The zero-order valence-electron chi connectivity index (χ0n) is 34.9. The van der Waals surface area contributed by atoms with E-state index < -0.39 is 6.10 Å².